The average Bonchev–Trinajstić information content (AvgIpc) is 3.36. The van der Waals surface area contributed by atoms with Gasteiger partial charge in [0.25, 0.3) is 5.91 Å². The van der Waals surface area contributed by atoms with Crippen LogP contribution >= 0.6 is 0 Å². The molecule has 1 aliphatic heterocycles. The maximum atomic E-state index is 13.2. The number of carbonyl (C=O) groups excluding carboxylic acids is 1. The van der Waals surface area contributed by atoms with Gasteiger partial charge in [-0.3, -0.25) is 4.79 Å². The summed E-state index contributed by atoms with van der Waals surface area (Å²) in [5.41, 5.74) is 4.24. The standard InChI is InChI=1S/C23H26N4O2/c1-4-9-20-24-14-18(22-15(2)16(3)26-29-22)21(25-20)19-12-8-13-27(19)23(28)17-10-6-5-7-11-17/h5-7,10-11,14,19H,4,8-9,12-13H2,1-3H3/t19-/m1/s1. The van der Waals surface area contributed by atoms with E-state index in [1.807, 2.05) is 55.3 Å². The Morgan fingerprint density at radius 2 is 2.03 bits per heavy atom. The smallest absolute Gasteiger partial charge is 0.254 e. The molecule has 1 aliphatic rings. The predicted molar refractivity (Wildman–Crippen MR) is 110 cm³/mol. The lowest BCUT2D eigenvalue weighted by molar-refractivity contribution is 0.0733. The van der Waals surface area contributed by atoms with Gasteiger partial charge in [-0.25, -0.2) is 9.97 Å². The second-order valence-corrected chi connectivity index (χ2v) is 7.58. The lowest BCUT2D eigenvalue weighted by Gasteiger charge is -2.26. The van der Waals surface area contributed by atoms with E-state index in [-0.39, 0.29) is 11.9 Å². The lowest BCUT2D eigenvalue weighted by Crippen LogP contribution is -2.31. The monoisotopic (exact) mass is 390 g/mol. The topological polar surface area (TPSA) is 72.1 Å². The summed E-state index contributed by atoms with van der Waals surface area (Å²) >= 11 is 0. The molecule has 0 aliphatic carbocycles. The van der Waals surface area contributed by atoms with Gasteiger partial charge in [-0.2, -0.15) is 0 Å². The molecule has 0 bridgehead atoms. The molecular formula is C23H26N4O2. The summed E-state index contributed by atoms with van der Waals surface area (Å²) in [6.07, 6.45) is 5.44. The minimum absolute atomic E-state index is 0.0418. The van der Waals surface area contributed by atoms with E-state index >= 15 is 0 Å². The maximum Gasteiger partial charge on any atom is 0.254 e. The van der Waals surface area contributed by atoms with Crippen molar-refractivity contribution in [3.8, 4) is 11.3 Å². The molecule has 1 saturated heterocycles. The van der Waals surface area contributed by atoms with Crippen molar-refractivity contribution >= 4 is 5.91 Å². The lowest BCUT2D eigenvalue weighted by atomic mass is 10.0. The zero-order chi connectivity index (χ0) is 20.4. The summed E-state index contributed by atoms with van der Waals surface area (Å²) in [4.78, 5) is 24.6. The number of aromatic nitrogens is 3. The molecule has 1 atom stereocenters. The molecule has 0 saturated carbocycles. The van der Waals surface area contributed by atoms with Gasteiger partial charge in [0.05, 0.1) is 23.0 Å². The Bertz CT molecular complexity index is 1010. The van der Waals surface area contributed by atoms with Crippen molar-refractivity contribution in [3.63, 3.8) is 0 Å². The summed E-state index contributed by atoms with van der Waals surface area (Å²) in [6, 6.07) is 9.35. The molecule has 6 nitrogen and oxygen atoms in total. The summed E-state index contributed by atoms with van der Waals surface area (Å²) in [5, 5.41) is 4.11. The van der Waals surface area contributed by atoms with Gasteiger partial charge in [0.2, 0.25) is 0 Å². The van der Waals surface area contributed by atoms with Gasteiger partial charge in [0, 0.05) is 30.3 Å². The largest absolute Gasteiger partial charge is 0.356 e. The van der Waals surface area contributed by atoms with E-state index in [9.17, 15) is 4.79 Å². The minimum atomic E-state index is -0.0962. The van der Waals surface area contributed by atoms with Crippen LogP contribution in [0.2, 0.25) is 0 Å². The molecule has 0 unspecified atom stereocenters. The molecule has 150 valence electrons. The summed E-state index contributed by atoms with van der Waals surface area (Å²) in [6.45, 7) is 6.75. The fourth-order valence-corrected chi connectivity index (χ4v) is 3.91. The Hall–Kier alpha value is -3.02. The van der Waals surface area contributed by atoms with Gasteiger partial charge in [-0.1, -0.05) is 30.3 Å². The van der Waals surface area contributed by atoms with Crippen LogP contribution in [0.1, 0.15) is 65.4 Å². The third-order valence-electron chi connectivity index (χ3n) is 5.59. The van der Waals surface area contributed by atoms with Crippen LogP contribution in [0, 0.1) is 13.8 Å². The highest BCUT2D eigenvalue weighted by Gasteiger charge is 2.34. The molecule has 0 spiro atoms. The van der Waals surface area contributed by atoms with Crippen LogP contribution in [0.5, 0.6) is 0 Å². The fourth-order valence-electron chi connectivity index (χ4n) is 3.91. The number of aryl methyl sites for hydroxylation is 2. The summed E-state index contributed by atoms with van der Waals surface area (Å²) in [7, 11) is 0. The third kappa shape index (κ3) is 3.67. The van der Waals surface area contributed by atoms with Crippen LogP contribution in [0.3, 0.4) is 0 Å². The van der Waals surface area contributed by atoms with Crippen LogP contribution in [0.25, 0.3) is 11.3 Å². The van der Waals surface area contributed by atoms with E-state index in [2.05, 4.69) is 17.1 Å². The molecule has 2 aromatic heterocycles. The van der Waals surface area contributed by atoms with Crippen LogP contribution in [-0.2, 0) is 6.42 Å². The minimum Gasteiger partial charge on any atom is -0.356 e. The van der Waals surface area contributed by atoms with Crippen LogP contribution < -0.4 is 0 Å². The molecular weight excluding hydrogens is 364 g/mol. The first-order valence-corrected chi connectivity index (χ1v) is 10.2. The first-order valence-electron chi connectivity index (χ1n) is 10.2. The zero-order valence-electron chi connectivity index (χ0n) is 17.2. The number of carbonyl (C=O) groups is 1. The Labute approximate surface area is 171 Å². The molecule has 29 heavy (non-hydrogen) atoms. The van der Waals surface area contributed by atoms with Gasteiger partial charge in [-0.15, -0.1) is 0 Å². The van der Waals surface area contributed by atoms with Crippen LogP contribution in [0.15, 0.2) is 41.1 Å². The van der Waals surface area contributed by atoms with Crippen molar-refractivity contribution < 1.29 is 9.32 Å². The zero-order valence-corrected chi connectivity index (χ0v) is 17.2. The number of likely N-dealkylation sites (tertiary alicyclic amines) is 1. The van der Waals surface area contributed by atoms with Gasteiger partial charge in [-0.05, 0) is 45.2 Å². The highest BCUT2D eigenvalue weighted by molar-refractivity contribution is 5.94. The second-order valence-electron chi connectivity index (χ2n) is 7.58. The molecule has 1 aromatic carbocycles. The average molecular weight is 390 g/mol. The number of nitrogens with zero attached hydrogens (tertiary/aromatic N) is 4. The molecule has 6 heteroatoms. The van der Waals surface area contributed by atoms with Crippen molar-refractivity contribution in [1.82, 2.24) is 20.0 Å². The molecule has 0 radical (unpaired) electrons. The first kappa shape index (κ1) is 19.3. The molecule has 0 N–H and O–H groups in total. The number of rotatable bonds is 5. The van der Waals surface area contributed by atoms with Crippen molar-refractivity contribution in [2.75, 3.05) is 6.54 Å². The van der Waals surface area contributed by atoms with Crippen LogP contribution in [-0.4, -0.2) is 32.5 Å². The Balaban J connectivity index is 1.78. The number of hydrogen-bond acceptors (Lipinski definition) is 5. The van der Waals surface area contributed by atoms with Gasteiger partial charge in [0.15, 0.2) is 5.76 Å². The van der Waals surface area contributed by atoms with Crippen LogP contribution in [0.4, 0.5) is 0 Å². The molecule has 3 aromatic rings. The SMILES string of the molecule is CCCc1ncc(-c2onc(C)c2C)c([C@H]2CCCN2C(=O)c2ccccc2)n1. The molecule has 1 amide bonds. The summed E-state index contributed by atoms with van der Waals surface area (Å²) in [5.74, 6) is 1.54. The van der Waals surface area contributed by atoms with E-state index in [4.69, 9.17) is 9.51 Å². The van der Waals surface area contributed by atoms with E-state index in [0.29, 0.717) is 11.3 Å². The number of benzene rings is 1. The molecule has 1 fully saturated rings. The van der Waals surface area contributed by atoms with E-state index in [0.717, 1.165) is 60.6 Å². The first-order chi connectivity index (χ1) is 14.1. The fraction of sp³-hybridized carbons (Fsp3) is 0.391. The predicted octanol–water partition coefficient (Wildman–Crippen LogP) is 4.68. The van der Waals surface area contributed by atoms with E-state index < -0.39 is 0 Å². The van der Waals surface area contributed by atoms with Gasteiger partial charge >= 0.3 is 0 Å². The summed E-state index contributed by atoms with van der Waals surface area (Å²) < 4.78 is 5.63. The van der Waals surface area contributed by atoms with Crippen molar-refractivity contribution in [2.24, 2.45) is 0 Å². The maximum absolute atomic E-state index is 13.2. The van der Waals surface area contributed by atoms with Gasteiger partial charge in [0.1, 0.15) is 5.82 Å². The highest BCUT2D eigenvalue weighted by Crippen LogP contribution is 2.38. The van der Waals surface area contributed by atoms with Crippen molar-refractivity contribution in [1.29, 1.82) is 0 Å². The van der Waals surface area contributed by atoms with Crippen molar-refractivity contribution in [3.05, 3.63) is 64.9 Å². The Kier molecular flexibility index (Phi) is 5.43. The quantitative estimate of drug-likeness (QED) is 0.632. The second kappa shape index (κ2) is 8.15. The third-order valence-corrected chi connectivity index (χ3v) is 5.59. The Morgan fingerprint density at radius 3 is 2.72 bits per heavy atom. The Morgan fingerprint density at radius 1 is 1.24 bits per heavy atom. The van der Waals surface area contributed by atoms with E-state index in [1.54, 1.807) is 0 Å². The molecule has 3 heterocycles. The van der Waals surface area contributed by atoms with E-state index in [1.165, 1.54) is 0 Å². The highest BCUT2D eigenvalue weighted by atomic mass is 16.5. The number of amides is 1. The van der Waals surface area contributed by atoms with Crippen molar-refractivity contribution in [2.45, 2.75) is 52.5 Å². The normalized spacial score (nSPS) is 16.4. The molecule has 4 rings (SSSR count). The van der Waals surface area contributed by atoms with Gasteiger partial charge < -0.3 is 9.42 Å². The number of hydrogen-bond donors (Lipinski definition) is 0.